The van der Waals surface area contributed by atoms with E-state index in [9.17, 15) is 5.11 Å². The second kappa shape index (κ2) is 7.76. The van der Waals surface area contributed by atoms with E-state index in [4.69, 9.17) is 39.5 Å². The molecule has 2 aromatic carbocycles. The number of rotatable bonds is 6. The Bertz CT molecular complexity index is 607. The highest BCUT2D eigenvalue weighted by Gasteiger charge is 2.09. The number of hydrogen-bond donors (Lipinski definition) is 2. The first-order chi connectivity index (χ1) is 10.1. The Morgan fingerprint density at radius 2 is 1.86 bits per heavy atom. The van der Waals surface area contributed by atoms with Crippen LogP contribution in [0, 0.1) is 0 Å². The van der Waals surface area contributed by atoms with Crippen LogP contribution >= 0.6 is 34.8 Å². The highest BCUT2D eigenvalue weighted by Crippen LogP contribution is 2.34. The fourth-order valence-electron chi connectivity index (χ4n) is 1.66. The fraction of sp³-hybridized carbons (Fsp3) is 0.200. The lowest BCUT2D eigenvalue weighted by atomic mass is 10.2. The summed E-state index contributed by atoms with van der Waals surface area (Å²) in [6.45, 7) is 0.332. The van der Waals surface area contributed by atoms with Crippen LogP contribution in [0.1, 0.15) is 0 Å². The topological polar surface area (TPSA) is 41.5 Å². The molecule has 3 nitrogen and oxygen atoms in total. The molecule has 0 heterocycles. The van der Waals surface area contributed by atoms with Gasteiger partial charge in [0.15, 0.2) is 5.75 Å². The number of benzene rings is 2. The first kappa shape index (κ1) is 16.2. The van der Waals surface area contributed by atoms with Crippen LogP contribution in [0.15, 0.2) is 42.5 Å². The molecule has 0 saturated heterocycles. The molecule has 21 heavy (non-hydrogen) atoms. The molecule has 0 aliphatic carbocycles. The van der Waals surface area contributed by atoms with E-state index in [0.717, 1.165) is 5.69 Å². The summed E-state index contributed by atoms with van der Waals surface area (Å²) in [5.41, 5.74) is 0.743. The lowest BCUT2D eigenvalue weighted by molar-refractivity contribution is 0.211. The first-order valence-corrected chi connectivity index (χ1v) is 7.59. The normalized spacial score (nSPS) is 12.0. The third kappa shape index (κ3) is 4.68. The van der Waals surface area contributed by atoms with E-state index in [2.05, 4.69) is 5.32 Å². The number of ether oxygens (including phenoxy) is 1. The van der Waals surface area contributed by atoms with Crippen molar-refractivity contribution in [1.82, 2.24) is 0 Å². The molecule has 0 fully saturated rings. The Morgan fingerprint density at radius 1 is 1.10 bits per heavy atom. The molecule has 0 aliphatic heterocycles. The van der Waals surface area contributed by atoms with Crippen molar-refractivity contribution in [3.05, 3.63) is 52.5 Å². The minimum absolute atomic E-state index is 0.166. The van der Waals surface area contributed by atoms with Crippen molar-refractivity contribution in [2.45, 2.75) is 6.10 Å². The second-order valence-corrected chi connectivity index (χ2v) is 5.51. The Kier molecular flexibility index (Phi) is 6.00. The maximum Gasteiger partial charge on any atom is 0.150 e. The van der Waals surface area contributed by atoms with Gasteiger partial charge >= 0.3 is 0 Å². The second-order valence-electron chi connectivity index (χ2n) is 4.36. The summed E-state index contributed by atoms with van der Waals surface area (Å²) in [5.74, 6) is 1.27. The maximum atomic E-state index is 9.50. The van der Waals surface area contributed by atoms with Crippen molar-refractivity contribution in [3.63, 3.8) is 0 Å². The van der Waals surface area contributed by atoms with Crippen LogP contribution in [0.25, 0.3) is 0 Å². The minimum atomic E-state index is -0.626. The Balaban J connectivity index is 2.16. The van der Waals surface area contributed by atoms with Crippen LogP contribution in [0.4, 0.5) is 5.69 Å². The summed E-state index contributed by atoms with van der Waals surface area (Å²) in [7, 11) is 0. The van der Waals surface area contributed by atoms with Crippen LogP contribution in [-0.2, 0) is 0 Å². The van der Waals surface area contributed by atoms with Gasteiger partial charge in [0.2, 0.25) is 0 Å². The van der Waals surface area contributed by atoms with Crippen molar-refractivity contribution in [2.75, 3.05) is 17.7 Å². The molecule has 112 valence electrons. The molecular formula is C15H14Cl3NO2. The summed E-state index contributed by atoms with van der Waals surface area (Å²) < 4.78 is 5.79. The predicted octanol–water partition coefficient (Wildman–Crippen LogP) is 4.80. The predicted molar refractivity (Wildman–Crippen MR) is 88.2 cm³/mol. The standard InChI is InChI=1S/C15H14Cl3NO2/c16-8-11(20)9-19-13-3-1-2-4-15(13)21-14-6-5-10(17)7-12(14)18/h1-7,11,19-20H,8-9H2. The average Bonchev–Trinajstić information content (AvgIpc) is 2.48. The number of anilines is 1. The number of alkyl halides is 1. The van der Waals surface area contributed by atoms with E-state index in [-0.39, 0.29) is 5.88 Å². The first-order valence-electron chi connectivity index (χ1n) is 6.30. The summed E-state index contributed by atoms with van der Waals surface area (Å²) in [5, 5.41) is 13.6. The highest BCUT2D eigenvalue weighted by atomic mass is 35.5. The molecule has 0 bridgehead atoms. The highest BCUT2D eigenvalue weighted by molar-refractivity contribution is 6.35. The number of aliphatic hydroxyl groups excluding tert-OH is 1. The molecule has 0 amide bonds. The molecule has 2 N–H and O–H groups in total. The van der Waals surface area contributed by atoms with Crippen LogP contribution in [0.3, 0.4) is 0 Å². The van der Waals surface area contributed by atoms with Crippen molar-refractivity contribution < 1.29 is 9.84 Å². The summed E-state index contributed by atoms with van der Waals surface area (Å²) >= 11 is 17.5. The summed E-state index contributed by atoms with van der Waals surface area (Å²) in [6, 6.07) is 12.4. The Labute approximate surface area is 138 Å². The number of halogens is 3. The molecule has 0 radical (unpaired) electrons. The molecule has 2 rings (SSSR count). The van der Waals surface area contributed by atoms with Crippen molar-refractivity contribution in [3.8, 4) is 11.5 Å². The summed E-state index contributed by atoms with van der Waals surface area (Å²) in [6.07, 6.45) is -0.626. The van der Waals surface area contributed by atoms with E-state index in [1.54, 1.807) is 24.3 Å². The molecule has 1 atom stereocenters. The molecule has 2 aromatic rings. The number of nitrogens with one attached hydrogen (secondary N) is 1. The lowest BCUT2D eigenvalue weighted by Gasteiger charge is -2.15. The molecule has 0 spiro atoms. The molecule has 0 saturated carbocycles. The van der Waals surface area contributed by atoms with Crippen molar-refractivity contribution in [1.29, 1.82) is 0 Å². The van der Waals surface area contributed by atoms with Gasteiger partial charge in [0.05, 0.1) is 22.7 Å². The average molecular weight is 347 g/mol. The van der Waals surface area contributed by atoms with E-state index in [1.165, 1.54) is 0 Å². The smallest absolute Gasteiger partial charge is 0.150 e. The van der Waals surface area contributed by atoms with Gasteiger partial charge in [-0.1, -0.05) is 35.3 Å². The van der Waals surface area contributed by atoms with Gasteiger partial charge in [0, 0.05) is 11.6 Å². The molecule has 1 unspecified atom stereocenters. The Hall–Kier alpha value is -1.13. The monoisotopic (exact) mass is 345 g/mol. The quantitative estimate of drug-likeness (QED) is 0.738. The van der Waals surface area contributed by atoms with Gasteiger partial charge in [-0.3, -0.25) is 0 Å². The van der Waals surface area contributed by atoms with Gasteiger partial charge < -0.3 is 15.2 Å². The van der Waals surface area contributed by atoms with Gasteiger partial charge in [0.1, 0.15) is 5.75 Å². The maximum absolute atomic E-state index is 9.50. The molecule has 0 aliphatic rings. The van der Waals surface area contributed by atoms with Gasteiger partial charge in [0.25, 0.3) is 0 Å². The van der Waals surface area contributed by atoms with Gasteiger partial charge in [-0.2, -0.15) is 0 Å². The number of hydrogen-bond acceptors (Lipinski definition) is 3. The van der Waals surface area contributed by atoms with Crippen molar-refractivity contribution in [2.24, 2.45) is 0 Å². The van der Waals surface area contributed by atoms with Crippen LogP contribution in [0.5, 0.6) is 11.5 Å². The zero-order chi connectivity index (χ0) is 15.2. The van der Waals surface area contributed by atoms with Gasteiger partial charge in [-0.15, -0.1) is 11.6 Å². The number of para-hydroxylation sites is 2. The third-order valence-electron chi connectivity index (χ3n) is 2.71. The summed E-state index contributed by atoms with van der Waals surface area (Å²) in [4.78, 5) is 0. The van der Waals surface area contributed by atoms with E-state index >= 15 is 0 Å². The molecule has 0 aromatic heterocycles. The largest absolute Gasteiger partial charge is 0.454 e. The lowest BCUT2D eigenvalue weighted by Crippen LogP contribution is -2.20. The van der Waals surface area contributed by atoms with Crippen LogP contribution in [0.2, 0.25) is 10.0 Å². The molecule has 6 heteroatoms. The van der Waals surface area contributed by atoms with E-state index in [0.29, 0.717) is 28.1 Å². The van der Waals surface area contributed by atoms with E-state index < -0.39 is 6.10 Å². The van der Waals surface area contributed by atoms with Crippen LogP contribution < -0.4 is 10.1 Å². The zero-order valence-electron chi connectivity index (χ0n) is 11.0. The van der Waals surface area contributed by atoms with Crippen LogP contribution in [-0.4, -0.2) is 23.6 Å². The number of aliphatic hydroxyl groups is 1. The van der Waals surface area contributed by atoms with Gasteiger partial charge in [-0.25, -0.2) is 0 Å². The molecular weight excluding hydrogens is 333 g/mol. The van der Waals surface area contributed by atoms with Crippen molar-refractivity contribution >= 4 is 40.5 Å². The van der Waals surface area contributed by atoms with E-state index in [1.807, 2.05) is 18.2 Å². The SMILES string of the molecule is OC(CCl)CNc1ccccc1Oc1ccc(Cl)cc1Cl. The Morgan fingerprint density at radius 3 is 2.57 bits per heavy atom. The fourth-order valence-corrected chi connectivity index (χ4v) is 2.22. The zero-order valence-corrected chi connectivity index (χ0v) is 13.3. The minimum Gasteiger partial charge on any atom is -0.454 e. The van der Waals surface area contributed by atoms with Gasteiger partial charge in [-0.05, 0) is 30.3 Å². The third-order valence-corrected chi connectivity index (χ3v) is 3.59.